The Hall–Kier alpha value is -2.20. The summed E-state index contributed by atoms with van der Waals surface area (Å²) in [7, 11) is 0. The summed E-state index contributed by atoms with van der Waals surface area (Å²) in [4.78, 5) is 23.7. The number of hydrogen-bond donors (Lipinski definition) is 1. The predicted molar refractivity (Wildman–Crippen MR) is 84.8 cm³/mol. The lowest BCUT2D eigenvalue weighted by atomic mass is 10.1. The number of nitrogens with one attached hydrogen (secondary N) is 1. The third-order valence-electron chi connectivity index (χ3n) is 3.14. The maximum Gasteiger partial charge on any atom is 0.224 e. The number of hydrogen-bond acceptors (Lipinski definition) is 2. The molecule has 2 rings (SSSR count). The summed E-state index contributed by atoms with van der Waals surface area (Å²) in [6.07, 6.45) is 0.0513. The van der Waals surface area contributed by atoms with Gasteiger partial charge in [-0.15, -0.1) is 0 Å². The van der Waals surface area contributed by atoms with Crippen LogP contribution in [0.25, 0.3) is 0 Å². The third kappa shape index (κ3) is 4.40. The Bertz CT molecular complexity index is 698. The van der Waals surface area contributed by atoms with Gasteiger partial charge in [-0.2, -0.15) is 0 Å². The lowest BCUT2D eigenvalue weighted by Gasteiger charge is -2.07. The molecule has 0 aliphatic carbocycles. The Labute approximate surface area is 133 Å². The first kappa shape index (κ1) is 16.2. The highest BCUT2D eigenvalue weighted by Gasteiger charge is 2.11. The van der Waals surface area contributed by atoms with E-state index >= 15 is 0 Å². The highest BCUT2D eigenvalue weighted by atomic mass is 35.5. The molecule has 0 aromatic heterocycles. The lowest BCUT2D eigenvalue weighted by molar-refractivity contribution is -0.116. The van der Waals surface area contributed by atoms with E-state index in [2.05, 4.69) is 5.32 Å². The van der Waals surface area contributed by atoms with E-state index in [0.29, 0.717) is 10.6 Å². The van der Waals surface area contributed by atoms with Crippen molar-refractivity contribution in [3.05, 3.63) is 64.4 Å². The molecule has 114 valence electrons. The highest BCUT2D eigenvalue weighted by molar-refractivity contribution is 6.30. The van der Waals surface area contributed by atoms with Gasteiger partial charge in [-0.1, -0.05) is 17.7 Å². The summed E-state index contributed by atoms with van der Waals surface area (Å²) in [5, 5.41) is 3.01. The molecule has 3 nitrogen and oxygen atoms in total. The number of carbonyl (C=O) groups excluding carboxylic acids is 2. The predicted octanol–water partition coefficient (Wildman–Crippen LogP) is 4.39. The van der Waals surface area contributed by atoms with Crippen molar-refractivity contribution in [3.8, 4) is 0 Å². The molecule has 1 N–H and O–H groups in total. The van der Waals surface area contributed by atoms with Crippen LogP contribution in [0.15, 0.2) is 42.5 Å². The fraction of sp³-hybridized carbons (Fsp3) is 0.176. The van der Waals surface area contributed by atoms with Gasteiger partial charge in [-0.25, -0.2) is 4.39 Å². The molecule has 2 aromatic carbocycles. The smallest absolute Gasteiger partial charge is 0.224 e. The maximum absolute atomic E-state index is 13.6. The van der Waals surface area contributed by atoms with Crippen molar-refractivity contribution < 1.29 is 14.0 Å². The van der Waals surface area contributed by atoms with Gasteiger partial charge in [0, 0.05) is 23.4 Å². The van der Waals surface area contributed by atoms with Gasteiger partial charge in [0.1, 0.15) is 5.82 Å². The van der Waals surface area contributed by atoms with Crippen LogP contribution in [0.5, 0.6) is 0 Å². The van der Waals surface area contributed by atoms with Crippen molar-refractivity contribution in [3.63, 3.8) is 0 Å². The molecule has 0 saturated carbocycles. The molecule has 0 unspecified atom stereocenters. The summed E-state index contributed by atoms with van der Waals surface area (Å²) < 4.78 is 13.6. The zero-order chi connectivity index (χ0) is 16.1. The van der Waals surface area contributed by atoms with Crippen LogP contribution in [0.2, 0.25) is 5.02 Å². The molecule has 0 saturated heterocycles. The molecule has 2 aromatic rings. The molecule has 0 atom stereocenters. The average molecular weight is 320 g/mol. The number of rotatable bonds is 5. The fourth-order valence-electron chi connectivity index (χ4n) is 1.94. The summed E-state index contributed by atoms with van der Waals surface area (Å²) >= 11 is 5.75. The number of amides is 1. The number of ketones is 1. The summed E-state index contributed by atoms with van der Waals surface area (Å²) in [5.41, 5.74) is 1.39. The maximum atomic E-state index is 13.6. The Kier molecular flexibility index (Phi) is 5.28. The van der Waals surface area contributed by atoms with Crippen LogP contribution in [0, 0.1) is 12.7 Å². The van der Waals surface area contributed by atoms with Crippen molar-refractivity contribution in [2.75, 3.05) is 5.32 Å². The Morgan fingerprint density at radius 3 is 2.41 bits per heavy atom. The average Bonchev–Trinajstić information content (AvgIpc) is 2.48. The fourth-order valence-corrected chi connectivity index (χ4v) is 2.07. The van der Waals surface area contributed by atoms with E-state index in [4.69, 9.17) is 11.6 Å². The largest absolute Gasteiger partial charge is 0.324 e. The highest BCUT2D eigenvalue weighted by Crippen LogP contribution is 2.16. The third-order valence-corrected chi connectivity index (χ3v) is 3.40. The zero-order valence-corrected chi connectivity index (χ0v) is 12.8. The normalized spacial score (nSPS) is 10.3. The molecule has 0 bridgehead atoms. The van der Waals surface area contributed by atoms with E-state index in [0.717, 1.165) is 5.56 Å². The quantitative estimate of drug-likeness (QED) is 0.831. The molecular weight excluding hydrogens is 305 g/mol. The van der Waals surface area contributed by atoms with E-state index in [9.17, 15) is 14.0 Å². The lowest BCUT2D eigenvalue weighted by Crippen LogP contribution is -2.14. The molecule has 0 heterocycles. The van der Waals surface area contributed by atoms with Crippen LogP contribution in [-0.2, 0) is 4.79 Å². The van der Waals surface area contributed by atoms with Crippen LogP contribution in [0.3, 0.4) is 0 Å². The van der Waals surface area contributed by atoms with Crippen molar-refractivity contribution >= 4 is 29.0 Å². The van der Waals surface area contributed by atoms with Crippen LogP contribution < -0.4 is 5.32 Å². The van der Waals surface area contributed by atoms with Gasteiger partial charge in [0.25, 0.3) is 0 Å². The van der Waals surface area contributed by atoms with Crippen molar-refractivity contribution in [2.45, 2.75) is 19.8 Å². The number of aryl methyl sites for hydroxylation is 1. The van der Waals surface area contributed by atoms with E-state index in [1.807, 2.05) is 0 Å². The Morgan fingerprint density at radius 2 is 1.77 bits per heavy atom. The monoisotopic (exact) mass is 319 g/mol. The second kappa shape index (κ2) is 7.18. The minimum Gasteiger partial charge on any atom is -0.324 e. The summed E-state index contributed by atoms with van der Waals surface area (Å²) in [6.45, 7) is 1.76. The van der Waals surface area contributed by atoms with Crippen molar-refractivity contribution in [1.29, 1.82) is 0 Å². The molecule has 0 radical (unpaired) electrons. The van der Waals surface area contributed by atoms with E-state index in [1.165, 1.54) is 12.1 Å². The number of carbonyl (C=O) groups is 2. The SMILES string of the molecule is Cc1ccc(NC(=O)CCC(=O)c2ccc(Cl)cc2)c(F)c1. The van der Waals surface area contributed by atoms with Crippen LogP contribution in [0.1, 0.15) is 28.8 Å². The van der Waals surface area contributed by atoms with Gasteiger partial charge in [-0.05, 0) is 48.9 Å². The van der Waals surface area contributed by atoms with Gasteiger partial charge in [-0.3, -0.25) is 9.59 Å². The Balaban J connectivity index is 1.89. The van der Waals surface area contributed by atoms with Crippen molar-refractivity contribution in [2.24, 2.45) is 0 Å². The second-order valence-electron chi connectivity index (χ2n) is 4.96. The van der Waals surface area contributed by atoms with Gasteiger partial charge in [0.2, 0.25) is 5.91 Å². The first-order valence-corrected chi connectivity index (χ1v) is 7.18. The van der Waals surface area contributed by atoms with Crippen LogP contribution >= 0.6 is 11.6 Å². The number of Topliss-reactive ketones (excluding diaryl/α,β-unsaturated/α-hetero) is 1. The topological polar surface area (TPSA) is 46.2 Å². The molecule has 0 spiro atoms. The first-order chi connectivity index (χ1) is 10.5. The first-order valence-electron chi connectivity index (χ1n) is 6.80. The van der Waals surface area contributed by atoms with E-state index < -0.39 is 11.7 Å². The van der Waals surface area contributed by atoms with Gasteiger partial charge >= 0.3 is 0 Å². The second-order valence-corrected chi connectivity index (χ2v) is 5.40. The number of halogens is 2. The molecule has 22 heavy (non-hydrogen) atoms. The molecule has 0 aliphatic heterocycles. The summed E-state index contributed by atoms with van der Waals surface area (Å²) in [5.74, 6) is -1.04. The van der Waals surface area contributed by atoms with Crippen LogP contribution in [0.4, 0.5) is 10.1 Å². The molecule has 0 fully saturated rings. The number of anilines is 1. The zero-order valence-electron chi connectivity index (χ0n) is 12.0. The minimum absolute atomic E-state index is 0.00518. The summed E-state index contributed by atoms with van der Waals surface area (Å²) in [6, 6.07) is 11.0. The van der Waals surface area contributed by atoms with Crippen LogP contribution in [-0.4, -0.2) is 11.7 Å². The molecule has 1 amide bonds. The van der Waals surface area contributed by atoms with E-state index in [-0.39, 0.29) is 24.3 Å². The Morgan fingerprint density at radius 1 is 1.09 bits per heavy atom. The minimum atomic E-state index is -0.489. The molecule has 5 heteroatoms. The number of benzene rings is 2. The van der Waals surface area contributed by atoms with E-state index in [1.54, 1.807) is 37.3 Å². The van der Waals surface area contributed by atoms with Crippen molar-refractivity contribution in [1.82, 2.24) is 0 Å². The standard InChI is InChI=1S/C17H15ClFNO2/c1-11-2-7-15(14(19)10-11)20-17(22)9-8-16(21)12-3-5-13(18)6-4-12/h2-7,10H,8-9H2,1H3,(H,20,22). The molecular formula is C17H15ClFNO2. The van der Waals surface area contributed by atoms with Gasteiger partial charge in [0.05, 0.1) is 5.69 Å². The van der Waals surface area contributed by atoms with Gasteiger partial charge < -0.3 is 5.32 Å². The molecule has 0 aliphatic rings. The van der Waals surface area contributed by atoms with Gasteiger partial charge in [0.15, 0.2) is 5.78 Å².